The van der Waals surface area contributed by atoms with Gasteiger partial charge in [0.1, 0.15) is 34.4 Å². The zero-order chi connectivity index (χ0) is 22.1. The molecule has 2 heterocycles. The summed E-state index contributed by atoms with van der Waals surface area (Å²) in [5.74, 6) is -4.42. The Kier molecular flexibility index (Phi) is 6.36. The highest BCUT2D eigenvalue weighted by Crippen LogP contribution is 2.27. The van der Waals surface area contributed by atoms with Gasteiger partial charge in [0.25, 0.3) is 5.91 Å². The number of nitrogens with one attached hydrogen (secondary N) is 1. The molecule has 1 fully saturated rings. The highest BCUT2D eigenvalue weighted by molar-refractivity contribution is 5.97. The molecule has 1 N–H and O–H groups in total. The summed E-state index contributed by atoms with van der Waals surface area (Å²) < 4.78 is 41.5. The molecule has 1 saturated heterocycles. The van der Waals surface area contributed by atoms with Crippen molar-refractivity contribution in [3.63, 3.8) is 0 Å². The van der Waals surface area contributed by atoms with Gasteiger partial charge < -0.3 is 10.2 Å². The summed E-state index contributed by atoms with van der Waals surface area (Å²) in [5, 5.41) is 3.09. The molecule has 3 rings (SSSR count). The molecule has 8 heteroatoms. The van der Waals surface area contributed by atoms with Crippen LogP contribution in [0.1, 0.15) is 37.0 Å². The largest absolute Gasteiger partial charge is 0.356 e. The molecule has 1 amide bonds. The van der Waals surface area contributed by atoms with E-state index < -0.39 is 34.5 Å². The standard InChI is InChI=1S/C22H26F3N3O2/c1-4-28(21(30)19-16(24)12-15(23)13-17(19)25)18-6-5-9-22(2,26-18)20(29)14-7-10-27(3)11-8-14/h5-6,9,12-14,26H,4,7-8,10-11H2,1-3H3. The van der Waals surface area contributed by atoms with Gasteiger partial charge in [-0.2, -0.15) is 0 Å². The Bertz CT molecular complexity index is 884. The third kappa shape index (κ3) is 4.28. The lowest BCUT2D eigenvalue weighted by molar-refractivity contribution is -0.128. The molecule has 1 aromatic carbocycles. The van der Waals surface area contributed by atoms with Gasteiger partial charge in [0.2, 0.25) is 0 Å². The summed E-state index contributed by atoms with van der Waals surface area (Å²) in [4.78, 5) is 29.4. The van der Waals surface area contributed by atoms with Crippen LogP contribution in [0.25, 0.3) is 0 Å². The highest BCUT2D eigenvalue weighted by atomic mass is 19.1. The third-order valence-corrected chi connectivity index (χ3v) is 5.75. The minimum Gasteiger partial charge on any atom is -0.356 e. The molecule has 0 saturated carbocycles. The molecule has 0 spiro atoms. The second-order valence-electron chi connectivity index (χ2n) is 7.97. The predicted octanol–water partition coefficient (Wildman–Crippen LogP) is 3.24. The number of nitrogens with zero attached hydrogens (tertiary/aromatic N) is 2. The molecule has 0 radical (unpaired) electrons. The van der Waals surface area contributed by atoms with Crippen molar-refractivity contribution in [1.82, 2.24) is 15.1 Å². The fourth-order valence-corrected chi connectivity index (χ4v) is 3.98. The van der Waals surface area contributed by atoms with Crippen LogP contribution in [0.5, 0.6) is 0 Å². The van der Waals surface area contributed by atoms with Crippen LogP contribution >= 0.6 is 0 Å². The molecule has 1 unspecified atom stereocenters. The molecule has 0 aliphatic carbocycles. The van der Waals surface area contributed by atoms with Crippen LogP contribution < -0.4 is 5.32 Å². The number of carbonyl (C=O) groups is 2. The topological polar surface area (TPSA) is 52.7 Å². The maximum Gasteiger partial charge on any atom is 0.265 e. The number of allylic oxidation sites excluding steroid dienone is 2. The summed E-state index contributed by atoms with van der Waals surface area (Å²) in [6.45, 7) is 5.15. The van der Waals surface area contributed by atoms with Gasteiger partial charge in [0, 0.05) is 24.6 Å². The first-order chi connectivity index (χ1) is 14.2. The maximum absolute atomic E-state index is 14.1. The van der Waals surface area contributed by atoms with Gasteiger partial charge in [0.15, 0.2) is 5.78 Å². The van der Waals surface area contributed by atoms with Crippen LogP contribution in [-0.4, -0.2) is 53.7 Å². The highest BCUT2D eigenvalue weighted by Gasteiger charge is 2.39. The number of likely N-dealkylation sites (tertiary alicyclic amines) is 1. The van der Waals surface area contributed by atoms with E-state index in [0.29, 0.717) is 12.1 Å². The van der Waals surface area contributed by atoms with Crippen molar-refractivity contribution in [3.8, 4) is 0 Å². The zero-order valence-corrected chi connectivity index (χ0v) is 17.3. The average Bonchev–Trinajstić information content (AvgIpc) is 2.68. The number of benzene rings is 1. The molecule has 162 valence electrons. The van der Waals surface area contributed by atoms with Crippen molar-refractivity contribution in [3.05, 3.63) is 59.2 Å². The lowest BCUT2D eigenvalue weighted by atomic mass is 9.81. The summed E-state index contributed by atoms with van der Waals surface area (Å²) in [6.07, 6.45) is 6.47. The first-order valence-electron chi connectivity index (χ1n) is 10.0. The monoisotopic (exact) mass is 421 g/mol. The normalized spacial score (nSPS) is 22.4. The minimum absolute atomic E-state index is 0.0140. The maximum atomic E-state index is 14.1. The van der Waals surface area contributed by atoms with E-state index in [4.69, 9.17) is 0 Å². The summed E-state index contributed by atoms with van der Waals surface area (Å²) >= 11 is 0. The first-order valence-corrected chi connectivity index (χ1v) is 10.0. The third-order valence-electron chi connectivity index (χ3n) is 5.75. The van der Waals surface area contributed by atoms with E-state index in [0.717, 1.165) is 30.8 Å². The average molecular weight is 421 g/mol. The van der Waals surface area contributed by atoms with Gasteiger partial charge >= 0.3 is 0 Å². The Labute approximate surface area is 174 Å². The van der Waals surface area contributed by atoms with Crippen LogP contribution in [0.3, 0.4) is 0 Å². The number of rotatable bonds is 5. The van der Waals surface area contributed by atoms with E-state index in [1.54, 1.807) is 32.1 Å². The Morgan fingerprint density at radius 1 is 1.20 bits per heavy atom. The van der Waals surface area contributed by atoms with Gasteiger partial charge in [-0.15, -0.1) is 0 Å². The number of amides is 1. The van der Waals surface area contributed by atoms with E-state index in [-0.39, 0.29) is 24.1 Å². The number of piperidine rings is 1. The number of Topliss-reactive ketones (excluding diaryl/α,β-unsaturated/α-hetero) is 1. The molecule has 30 heavy (non-hydrogen) atoms. The minimum atomic E-state index is -1.27. The smallest absolute Gasteiger partial charge is 0.265 e. The van der Waals surface area contributed by atoms with Crippen molar-refractivity contribution < 1.29 is 22.8 Å². The fraction of sp³-hybridized carbons (Fsp3) is 0.455. The van der Waals surface area contributed by atoms with E-state index in [9.17, 15) is 22.8 Å². The number of hydrogen-bond donors (Lipinski definition) is 1. The van der Waals surface area contributed by atoms with E-state index in [1.807, 2.05) is 7.05 Å². The van der Waals surface area contributed by atoms with Crippen molar-refractivity contribution in [2.24, 2.45) is 5.92 Å². The van der Waals surface area contributed by atoms with Crippen LogP contribution in [-0.2, 0) is 4.79 Å². The Balaban J connectivity index is 1.83. The summed E-state index contributed by atoms with van der Waals surface area (Å²) in [5.41, 5.74) is -1.88. The molecule has 2 aliphatic rings. The molecule has 2 aliphatic heterocycles. The molecule has 5 nitrogen and oxygen atoms in total. The van der Waals surface area contributed by atoms with Crippen LogP contribution in [0.15, 0.2) is 36.2 Å². The van der Waals surface area contributed by atoms with E-state index >= 15 is 0 Å². The summed E-state index contributed by atoms with van der Waals surface area (Å²) in [6, 6.07) is 0.945. The Morgan fingerprint density at radius 2 is 1.80 bits per heavy atom. The van der Waals surface area contributed by atoms with Gasteiger partial charge in [-0.3, -0.25) is 14.5 Å². The Hall–Kier alpha value is -2.61. The number of carbonyl (C=O) groups excluding carboxylic acids is 2. The van der Waals surface area contributed by atoms with Crippen molar-refractivity contribution in [1.29, 1.82) is 0 Å². The Morgan fingerprint density at radius 3 is 2.37 bits per heavy atom. The van der Waals surface area contributed by atoms with Gasteiger partial charge in [-0.1, -0.05) is 12.2 Å². The second-order valence-corrected chi connectivity index (χ2v) is 7.97. The first kappa shape index (κ1) is 22.1. The molecule has 1 aromatic rings. The number of halogens is 3. The quantitative estimate of drug-likeness (QED) is 0.793. The SMILES string of the molecule is CCN(C(=O)c1c(F)cc(F)cc1F)C1=CC=CC(C)(C(=O)C2CCN(C)CC2)N1. The van der Waals surface area contributed by atoms with Crippen molar-refractivity contribution >= 4 is 11.7 Å². The molecular formula is C22H26F3N3O2. The molecule has 0 bridgehead atoms. The number of ketones is 1. The predicted molar refractivity (Wildman–Crippen MR) is 107 cm³/mol. The molecule has 1 atom stereocenters. The number of hydrogen-bond acceptors (Lipinski definition) is 4. The van der Waals surface area contributed by atoms with E-state index in [2.05, 4.69) is 10.2 Å². The van der Waals surface area contributed by atoms with Crippen LogP contribution in [0, 0.1) is 23.4 Å². The second kappa shape index (κ2) is 8.63. The zero-order valence-electron chi connectivity index (χ0n) is 17.3. The molecule has 0 aromatic heterocycles. The lowest BCUT2D eigenvalue weighted by Gasteiger charge is -2.39. The van der Waals surface area contributed by atoms with Gasteiger partial charge in [-0.25, -0.2) is 13.2 Å². The van der Waals surface area contributed by atoms with Crippen molar-refractivity contribution in [2.45, 2.75) is 32.2 Å². The van der Waals surface area contributed by atoms with Crippen molar-refractivity contribution in [2.75, 3.05) is 26.7 Å². The molecular weight excluding hydrogens is 395 g/mol. The summed E-state index contributed by atoms with van der Waals surface area (Å²) in [7, 11) is 2.01. The lowest BCUT2D eigenvalue weighted by Crippen LogP contribution is -2.55. The van der Waals surface area contributed by atoms with Gasteiger partial charge in [-0.05, 0) is 52.9 Å². The van der Waals surface area contributed by atoms with Gasteiger partial charge in [0.05, 0.1) is 0 Å². The van der Waals surface area contributed by atoms with Crippen LogP contribution in [0.4, 0.5) is 13.2 Å². The number of dihydropyridines is 1. The van der Waals surface area contributed by atoms with E-state index in [1.165, 1.54) is 0 Å². The fourth-order valence-electron chi connectivity index (χ4n) is 3.98. The van der Waals surface area contributed by atoms with Crippen LogP contribution in [0.2, 0.25) is 0 Å².